The van der Waals surface area contributed by atoms with Crippen molar-refractivity contribution in [2.24, 2.45) is 11.7 Å². The van der Waals surface area contributed by atoms with E-state index in [1.54, 1.807) is 22.6 Å². The van der Waals surface area contributed by atoms with E-state index < -0.39 is 15.9 Å². The molecule has 4 rings (SSSR count). The van der Waals surface area contributed by atoms with Crippen LogP contribution >= 0.6 is 11.3 Å². The average Bonchev–Trinajstić information content (AvgIpc) is 3.49. The van der Waals surface area contributed by atoms with Crippen LogP contribution < -0.4 is 11.1 Å². The number of carbonyl (C=O) groups excluding carboxylic acids is 1. The Labute approximate surface area is 212 Å². The fourth-order valence-electron chi connectivity index (χ4n) is 4.70. The molecule has 0 bridgehead atoms. The first-order valence-corrected chi connectivity index (χ1v) is 14.8. The van der Waals surface area contributed by atoms with Crippen molar-refractivity contribution in [2.75, 3.05) is 18.8 Å². The SMILES string of the molecule is CCS(=O)(=O)N1CCC(c2c[nH]c3c(C(N)=O)cc(-c4csc(CN[C@H](C)C(C)C)c4)cc23)CC1. The number of amides is 1. The molecule has 35 heavy (non-hydrogen) atoms. The van der Waals surface area contributed by atoms with E-state index in [0.717, 1.165) is 47.0 Å². The van der Waals surface area contributed by atoms with Crippen molar-refractivity contribution in [3.63, 3.8) is 0 Å². The highest BCUT2D eigenvalue weighted by Gasteiger charge is 2.29. The van der Waals surface area contributed by atoms with Gasteiger partial charge in [0.15, 0.2) is 0 Å². The van der Waals surface area contributed by atoms with Crippen molar-refractivity contribution in [3.8, 4) is 11.1 Å². The topological polar surface area (TPSA) is 108 Å². The summed E-state index contributed by atoms with van der Waals surface area (Å²) < 4.78 is 26.1. The van der Waals surface area contributed by atoms with Crippen LogP contribution in [0.15, 0.2) is 29.8 Å². The Bertz CT molecular complexity index is 1300. The van der Waals surface area contributed by atoms with Crippen molar-refractivity contribution < 1.29 is 13.2 Å². The molecule has 0 aliphatic carbocycles. The number of aromatic amines is 1. The second-order valence-electron chi connectivity index (χ2n) is 9.84. The molecule has 1 aliphatic heterocycles. The third kappa shape index (κ3) is 5.48. The van der Waals surface area contributed by atoms with Crippen LogP contribution in [-0.4, -0.2) is 48.5 Å². The van der Waals surface area contributed by atoms with E-state index in [4.69, 9.17) is 5.73 Å². The number of H-pyrrole nitrogens is 1. The van der Waals surface area contributed by atoms with E-state index >= 15 is 0 Å². The number of fused-ring (bicyclic) bond motifs is 1. The molecule has 2 aromatic heterocycles. The number of aromatic nitrogens is 1. The number of nitrogens with two attached hydrogens (primary N) is 1. The first-order chi connectivity index (χ1) is 16.6. The Balaban J connectivity index is 1.63. The van der Waals surface area contributed by atoms with Crippen molar-refractivity contribution in [3.05, 3.63) is 45.8 Å². The molecular formula is C26H36N4O3S2. The zero-order valence-corrected chi connectivity index (χ0v) is 22.6. The average molecular weight is 517 g/mol. The number of benzene rings is 1. The first-order valence-electron chi connectivity index (χ1n) is 12.3. The van der Waals surface area contributed by atoms with Gasteiger partial charge in [0, 0.05) is 42.1 Å². The fourth-order valence-corrected chi connectivity index (χ4v) is 6.68. The van der Waals surface area contributed by atoms with Crippen molar-refractivity contribution in [2.45, 2.75) is 59.0 Å². The van der Waals surface area contributed by atoms with Gasteiger partial charge >= 0.3 is 0 Å². The van der Waals surface area contributed by atoms with Crippen LogP contribution in [0.3, 0.4) is 0 Å². The molecule has 0 unspecified atom stereocenters. The van der Waals surface area contributed by atoms with Gasteiger partial charge in [0.1, 0.15) is 0 Å². The third-order valence-corrected chi connectivity index (χ3v) is 10.1. The highest BCUT2D eigenvalue weighted by molar-refractivity contribution is 7.89. The summed E-state index contributed by atoms with van der Waals surface area (Å²) in [4.78, 5) is 16.9. The lowest BCUT2D eigenvalue weighted by molar-refractivity contribution is 0.100. The number of thiophene rings is 1. The minimum Gasteiger partial charge on any atom is -0.366 e. The Hall–Kier alpha value is -2.20. The predicted molar refractivity (Wildman–Crippen MR) is 144 cm³/mol. The van der Waals surface area contributed by atoms with Crippen molar-refractivity contribution >= 4 is 38.2 Å². The smallest absolute Gasteiger partial charge is 0.250 e. The molecule has 0 spiro atoms. The summed E-state index contributed by atoms with van der Waals surface area (Å²) in [5.41, 5.74) is 10.2. The molecular weight excluding hydrogens is 480 g/mol. The van der Waals surface area contributed by atoms with Gasteiger partial charge in [-0.25, -0.2) is 12.7 Å². The molecule has 4 N–H and O–H groups in total. The molecule has 1 saturated heterocycles. The van der Waals surface area contributed by atoms with Crippen LogP contribution in [0.5, 0.6) is 0 Å². The van der Waals surface area contributed by atoms with Gasteiger partial charge in [0.05, 0.1) is 16.8 Å². The van der Waals surface area contributed by atoms with Crippen molar-refractivity contribution in [1.29, 1.82) is 0 Å². The zero-order valence-electron chi connectivity index (χ0n) is 20.9. The largest absolute Gasteiger partial charge is 0.366 e. The quantitative estimate of drug-likeness (QED) is 0.384. The van der Waals surface area contributed by atoms with Gasteiger partial charge in [0.2, 0.25) is 10.0 Å². The number of primary amides is 1. The highest BCUT2D eigenvalue weighted by atomic mass is 32.2. The molecule has 1 amide bonds. The Morgan fingerprint density at radius 1 is 1.20 bits per heavy atom. The van der Waals surface area contributed by atoms with Crippen LogP contribution in [0.1, 0.15) is 67.3 Å². The molecule has 1 fully saturated rings. The number of nitrogens with zero attached hydrogens (tertiary/aromatic N) is 1. The van der Waals surface area contributed by atoms with Crippen LogP contribution in [0.2, 0.25) is 0 Å². The summed E-state index contributed by atoms with van der Waals surface area (Å²) in [6, 6.07) is 6.62. The predicted octanol–water partition coefficient (Wildman–Crippen LogP) is 4.66. The van der Waals surface area contributed by atoms with Gasteiger partial charge in [-0.3, -0.25) is 4.79 Å². The molecule has 3 heterocycles. The maximum Gasteiger partial charge on any atom is 0.250 e. The number of hydrogen-bond donors (Lipinski definition) is 3. The van der Waals surface area contributed by atoms with Gasteiger partial charge < -0.3 is 16.0 Å². The van der Waals surface area contributed by atoms with Crippen molar-refractivity contribution in [1.82, 2.24) is 14.6 Å². The van der Waals surface area contributed by atoms with Crippen LogP contribution in [0.4, 0.5) is 0 Å². The summed E-state index contributed by atoms with van der Waals surface area (Å²) in [6.07, 6.45) is 3.47. The lowest BCUT2D eigenvalue weighted by Crippen LogP contribution is -2.38. The number of nitrogens with one attached hydrogen (secondary N) is 2. The summed E-state index contributed by atoms with van der Waals surface area (Å²) in [5.74, 6) is 0.459. The van der Waals surface area contributed by atoms with E-state index in [9.17, 15) is 13.2 Å². The van der Waals surface area contributed by atoms with E-state index in [1.807, 2.05) is 12.3 Å². The van der Waals surface area contributed by atoms with Gasteiger partial charge in [-0.05, 0) is 78.8 Å². The fraction of sp³-hybridized carbons (Fsp3) is 0.500. The van der Waals surface area contributed by atoms with Crippen LogP contribution in [0.25, 0.3) is 22.0 Å². The molecule has 9 heteroatoms. The first kappa shape index (κ1) is 25.9. The maximum atomic E-state index is 12.3. The lowest BCUT2D eigenvalue weighted by atomic mass is 9.88. The van der Waals surface area contributed by atoms with Gasteiger partial charge in [0.25, 0.3) is 5.91 Å². The van der Waals surface area contributed by atoms with E-state index in [2.05, 4.69) is 48.6 Å². The standard InChI is InChI=1S/C26H36N4O3S2/c1-5-35(32,33)30-8-6-18(7-9-30)24-14-29-25-22(24)11-19(12-23(25)26(27)31)20-10-21(34-15-20)13-28-17(4)16(2)3/h10-12,14-18,28-29H,5-9,13H2,1-4H3,(H2,27,31)/t17-/m1/s1. The van der Waals surface area contributed by atoms with Gasteiger partial charge in [-0.15, -0.1) is 11.3 Å². The Morgan fingerprint density at radius 3 is 2.54 bits per heavy atom. The summed E-state index contributed by atoms with van der Waals surface area (Å²) in [5, 5.41) is 6.69. The lowest BCUT2D eigenvalue weighted by Gasteiger charge is -2.31. The summed E-state index contributed by atoms with van der Waals surface area (Å²) in [6.45, 7) is 10.1. The minimum absolute atomic E-state index is 0.130. The summed E-state index contributed by atoms with van der Waals surface area (Å²) in [7, 11) is -3.17. The molecule has 1 aliphatic rings. The Morgan fingerprint density at radius 2 is 1.91 bits per heavy atom. The second-order valence-corrected chi connectivity index (χ2v) is 13.1. The number of carbonyl (C=O) groups is 1. The minimum atomic E-state index is -3.17. The van der Waals surface area contributed by atoms with E-state index in [1.165, 1.54) is 4.88 Å². The zero-order chi connectivity index (χ0) is 25.3. The number of rotatable bonds is 9. The molecule has 0 radical (unpaired) electrons. The Kier molecular flexibility index (Phi) is 7.71. The van der Waals surface area contributed by atoms with Crippen LogP contribution in [0, 0.1) is 5.92 Å². The number of piperidine rings is 1. The molecule has 7 nitrogen and oxygen atoms in total. The van der Waals surface area contributed by atoms with E-state index in [-0.39, 0.29) is 11.7 Å². The van der Waals surface area contributed by atoms with E-state index in [0.29, 0.717) is 30.6 Å². The molecule has 1 aromatic carbocycles. The monoisotopic (exact) mass is 516 g/mol. The number of hydrogen-bond acceptors (Lipinski definition) is 5. The third-order valence-electron chi connectivity index (χ3n) is 7.32. The highest BCUT2D eigenvalue weighted by Crippen LogP contribution is 2.38. The second kappa shape index (κ2) is 10.4. The summed E-state index contributed by atoms with van der Waals surface area (Å²) >= 11 is 1.71. The van der Waals surface area contributed by atoms with Crippen LogP contribution in [-0.2, 0) is 16.6 Å². The van der Waals surface area contributed by atoms with Gasteiger partial charge in [-0.1, -0.05) is 13.8 Å². The maximum absolute atomic E-state index is 12.3. The van der Waals surface area contributed by atoms with Gasteiger partial charge in [-0.2, -0.15) is 0 Å². The molecule has 0 saturated carbocycles. The molecule has 1 atom stereocenters. The normalized spacial score (nSPS) is 16.8. The molecule has 190 valence electrons. The number of sulfonamides is 1. The molecule has 3 aromatic rings.